The molecule has 2 aromatic heterocycles. The second-order valence-electron chi connectivity index (χ2n) is 7.11. The van der Waals surface area contributed by atoms with Crippen LogP contribution in [0.5, 0.6) is 0 Å². The number of carbonyl (C=O) groups excluding carboxylic acids is 1. The number of aromatic nitrogens is 3. The number of carbonyl (C=O) groups is 1. The van der Waals surface area contributed by atoms with E-state index < -0.39 is 0 Å². The van der Waals surface area contributed by atoms with E-state index in [1.807, 2.05) is 49.6 Å². The monoisotopic (exact) mass is 372 g/mol. The van der Waals surface area contributed by atoms with Crippen LogP contribution in [0.3, 0.4) is 0 Å². The van der Waals surface area contributed by atoms with Crippen molar-refractivity contribution in [1.29, 1.82) is 0 Å². The van der Waals surface area contributed by atoms with E-state index >= 15 is 0 Å². The third-order valence-corrected chi connectivity index (χ3v) is 4.84. The van der Waals surface area contributed by atoms with Gasteiger partial charge in [0.1, 0.15) is 0 Å². The van der Waals surface area contributed by atoms with Crippen molar-refractivity contribution in [2.75, 3.05) is 14.1 Å². The summed E-state index contributed by atoms with van der Waals surface area (Å²) in [4.78, 5) is 31.4. The van der Waals surface area contributed by atoms with E-state index in [1.54, 1.807) is 36.1 Å². The number of amides is 1. The van der Waals surface area contributed by atoms with Crippen LogP contribution < -0.4 is 5.43 Å². The summed E-state index contributed by atoms with van der Waals surface area (Å²) in [6, 6.07) is 11.2. The lowest BCUT2D eigenvalue weighted by Crippen LogP contribution is -2.23. The van der Waals surface area contributed by atoms with Gasteiger partial charge in [-0.3, -0.25) is 19.3 Å². The summed E-state index contributed by atoms with van der Waals surface area (Å²) >= 11 is 0. The molecule has 0 radical (unpaired) electrons. The summed E-state index contributed by atoms with van der Waals surface area (Å²) in [5, 5.41) is 6.15. The van der Waals surface area contributed by atoms with Gasteiger partial charge in [0.2, 0.25) is 5.91 Å². The minimum atomic E-state index is -0.0904. The summed E-state index contributed by atoms with van der Waals surface area (Å²) in [5.74, 6) is -0.00232. The molecule has 0 atom stereocenters. The van der Waals surface area contributed by atoms with Crippen molar-refractivity contribution in [2.45, 2.75) is 6.42 Å². The SMILES string of the molecule is CN(C)C(=O)Cc1ccc2ccc3ncc(-c4cnn(C)c4)cc3c(=O)c2c1. The van der Waals surface area contributed by atoms with Crippen molar-refractivity contribution in [1.82, 2.24) is 19.7 Å². The zero-order chi connectivity index (χ0) is 19.8. The smallest absolute Gasteiger partial charge is 0.226 e. The number of nitrogens with zero attached hydrogens (tertiary/aromatic N) is 4. The van der Waals surface area contributed by atoms with Gasteiger partial charge in [-0.25, -0.2) is 0 Å². The standard InChI is InChI=1S/C22H20N4O2/c1-25(2)21(27)9-14-4-5-15-6-7-20-19(22(28)18(15)8-14)10-16(11-23-20)17-12-24-26(3)13-17/h4-8,10-13H,9H2,1-3H3. The first-order valence-corrected chi connectivity index (χ1v) is 8.97. The molecular weight excluding hydrogens is 352 g/mol. The third kappa shape index (κ3) is 3.24. The third-order valence-electron chi connectivity index (χ3n) is 4.84. The predicted molar refractivity (Wildman–Crippen MR) is 110 cm³/mol. The zero-order valence-electron chi connectivity index (χ0n) is 16.0. The van der Waals surface area contributed by atoms with Gasteiger partial charge in [-0.05, 0) is 29.1 Å². The zero-order valence-corrected chi connectivity index (χ0v) is 16.0. The van der Waals surface area contributed by atoms with Gasteiger partial charge in [-0.2, -0.15) is 5.10 Å². The second-order valence-corrected chi connectivity index (χ2v) is 7.11. The highest BCUT2D eigenvalue weighted by atomic mass is 16.2. The van der Waals surface area contributed by atoms with Crippen LogP contribution >= 0.6 is 0 Å². The van der Waals surface area contributed by atoms with E-state index in [0.29, 0.717) is 16.3 Å². The van der Waals surface area contributed by atoms with Crippen molar-refractivity contribution in [2.24, 2.45) is 7.05 Å². The van der Waals surface area contributed by atoms with Crippen molar-refractivity contribution in [3.63, 3.8) is 0 Å². The number of pyridine rings is 1. The fourth-order valence-electron chi connectivity index (χ4n) is 3.22. The molecule has 0 bridgehead atoms. The van der Waals surface area contributed by atoms with Crippen LogP contribution in [0, 0.1) is 0 Å². The number of hydrogen-bond donors (Lipinski definition) is 0. The first-order valence-electron chi connectivity index (χ1n) is 8.97. The Labute approximate surface area is 162 Å². The van der Waals surface area contributed by atoms with E-state index in [9.17, 15) is 9.59 Å². The fourth-order valence-corrected chi connectivity index (χ4v) is 3.22. The van der Waals surface area contributed by atoms with Crippen molar-refractivity contribution >= 4 is 27.6 Å². The molecule has 4 rings (SSSR count). The van der Waals surface area contributed by atoms with Crippen LogP contribution in [0.1, 0.15) is 5.56 Å². The number of likely N-dealkylation sites (N-methyl/N-ethyl adjacent to an activating group) is 1. The Morgan fingerprint density at radius 1 is 1.04 bits per heavy atom. The molecule has 0 aliphatic heterocycles. The number of rotatable bonds is 3. The lowest BCUT2D eigenvalue weighted by Gasteiger charge is -2.10. The largest absolute Gasteiger partial charge is 0.349 e. The van der Waals surface area contributed by atoms with Gasteiger partial charge >= 0.3 is 0 Å². The molecule has 0 unspecified atom stereocenters. The van der Waals surface area contributed by atoms with E-state index in [1.165, 1.54) is 0 Å². The molecule has 0 saturated carbocycles. The van der Waals surface area contributed by atoms with Gasteiger partial charge in [0, 0.05) is 55.4 Å². The van der Waals surface area contributed by atoms with Crippen molar-refractivity contribution < 1.29 is 4.79 Å². The lowest BCUT2D eigenvalue weighted by molar-refractivity contribution is -0.127. The van der Waals surface area contributed by atoms with Crippen molar-refractivity contribution in [3.05, 3.63) is 70.8 Å². The van der Waals surface area contributed by atoms with Crippen LogP contribution in [0.25, 0.3) is 32.8 Å². The quantitative estimate of drug-likeness (QED) is 0.555. The average molecular weight is 372 g/mol. The summed E-state index contributed by atoms with van der Waals surface area (Å²) in [6.45, 7) is 0. The summed E-state index contributed by atoms with van der Waals surface area (Å²) in [6.07, 6.45) is 5.65. The van der Waals surface area contributed by atoms with Crippen LogP contribution in [0.4, 0.5) is 0 Å². The van der Waals surface area contributed by atoms with Crippen LogP contribution in [-0.2, 0) is 18.3 Å². The molecule has 6 nitrogen and oxygen atoms in total. The minimum Gasteiger partial charge on any atom is -0.349 e. The Kier molecular flexibility index (Phi) is 4.39. The molecule has 0 N–H and O–H groups in total. The van der Waals surface area contributed by atoms with Gasteiger partial charge in [0.25, 0.3) is 0 Å². The predicted octanol–water partition coefficient (Wildman–Crippen LogP) is 2.78. The summed E-state index contributed by atoms with van der Waals surface area (Å²) < 4.78 is 1.71. The minimum absolute atomic E-state index is 0.00232. The molecule has 0 saturated heterocycles. The van der Waals surface area contributed by atoms with Crippen molar-refractivity contribution in [3.8, 4) is 11.1 Å². The van der Waals surface area contributed by atoms with Gasteiger partial charge in [0.05, 0.1) is 18.1 Å². The molecule has 2 heterocycles. The maximum Gasteiger partial charge on any atom is 0.226 e. The molecule has 0 aliphatic rings. The molecule has 6 heteroatoms. The van der Waals surface area contributed by atoms with E-state index in [4.69, 9.17) is 0 Å². The first-order chi connectivity index (χ1) is 13.4. The molecule has 0 fully saturated rings. The topological polar surface area (TPSA) is 68.1 Å². The normalized spacial score (nSPS) is 11.1. The highest BCUT2D eigenvalue weighted by Gasteiger charge is 2.10. The molecule has 0 spiro atoms. The molecule has 1 amide bonds. The molecular formula is C22H20N4O2. The highest BCUT2D eigenvalue weighted by molar-refractivity contribution is 5.94. The Morgan fingerprint density at radius 3 is 2.54 bits per heavy atom. The molecule has 4 aromatic rings. The Bertz CT molecular complexity index is 1270. The van der Waals surface area contributed by atoms with Gasteiger partial charge in [-0.1, -0.05) is 18.2 Å². The fraction of sp³-hybridized carbons (Fsp3) is 0.182. The number of benzene rings is 1. The van der Waals surface area contributed by atoms with E-state index in [0.717, 1.165) is 22.1 Å². The molecule has 0 aliphatic carbocycles. The van der Waals surface area contributed by atoms with Crippen LogP contribution in [0.15, 0.2) is 59.8 Å². The maximum absolute atomic E-state index is 13.3. The van der Waals surface area contributed by atoms with Crippen LogP contribution in [0.2, 0.25) is 0 Å². The Balaban J connectivity index is 1.91. The second kappa shape index (κ2) is 6.88. The Hall–Kier alpha value is -3.54. The number of fused-ring (bicyclic) bond motifs is 2. The highest BCUT2D eigenvalue weighted by Crippen LogP contribution is 2.22. The summed E-state index contributed by atoms with van der Waals surface area (Å²) in [7, 11) is 5.30. The summed E-state index contributed by atoms with van der Waals surface area (Å²) in [5.41, 5.74) is 3.12. The average Bonchev–Trinajstić information content (AvgIpc) is 3.06. The van der Waals surface area contributed by atoms with Gasteiger partial charge in [-0.15, -0.1) is 0 Å². The molecule has 28 heavy (non-hydrogen) atoms. The van der Waals surface area contributed by atoms with Crippen LogP contribution in [-0.4, -0.2) is 39.7 Å². The molecule has 2 aromatic carbocycles. The Morgan fingerprint density at radius 2 is 1.82 bits per heavy atom. The lowest BCUT2D eigenvalue weighted by atomic mass is 10.1. The number of aryl methyl sites for hydroxylation is 1. The van der Waals surface area contributed by atoms with Gasteiger partial charge in [0.15, 0.2) is 5.43 Å². The van der Waals surface area contributed by atoms with E-state index in [2.05, 4.69) is 10.1 Å². The maximum atomic E-state index is 13.3. The number of hydrogen-bond acceptors (Lipinski definition) is 4. The first kappa shape index (κ1) is 17.9. The molecule has 140 valence electrons. The van der Waals surface area contributed by atoms with Gasteiger partial charge < -0.3 is 4.90 Å². The van der Waals surface area contributed by atoms with E-state index in [-0.39, 0.29) is 17.8 Å².